The highest BCUT2D eigenvalue weighted by molar-refractivity contribution is 5.90. The lowest BCUT2D eigenvalue weighted by Crippen LogP contribution is -2.65. The summed E-state index contributed by atoms with van der Waals surface area (Å²) in [6, 6.07) is 0.738. The third-order valence-electron chi connectivity index (χ3n) is 16.6. The van der Waals surface area contributed by atoms with Crippen LogP contribution in [0.25, 0.3) is 0 Å². The first kappa shape index (κ1) is 33.9. The van der Waals surface area contributed by atoms with Crippen molar-refractivity contribution in [3.8, 4) is 0 Å². The summed E-state index contributed by atoms with van der Waals surface area (Å²) in [5, 5.41) is 11.6. The van der Waals surface area contributed by atoms with Crippen LogP contribution in [0, 0.1) is 63.6 Å². The molecule has 4 bridgehead atoms. The fourth-order valence-electron chi connectivity index (χ4n) is 14.5. The molecule has 0 aromatic carbocycles. The molecule has 0 amide bonds. The van der Waals surface area contributed by atoms with Crippen molar-refractivity contribution in [3.05, 3.63) is 11.6 Å². The molecule has 3 saturated heterocycles. The molecular weight excluding hydrogens is 596 g/mol. The summed E-state index contributed by atoms with van der Waals surface area (Å²) in [4.78, 5) is 33.3. The van der Waals surface area contributed by atoms with Crippen molar-refractivity contribution >= 4 is 12.3 Å². The summed E-state index contributed by atoms with van der Waals surface area (Å²) in [7, 11) is 0. The number of aldehydes is 1. The number of carbonyl (C=O) groups is 2. The van der Waals surface area contributed by atoms with Gasteiger partial charge in [-0.05, 0) is 132 Å². The predicted molar refractivity (Wildman–Crippen MR) is 189 cm³/mol. The van der Waals surface area contributed by atoms with Gasteiger partial charge in [0.05, 0.1) is 17.6 Å². The van der Waals surface area contributed by atoms with Gasteiger partial charge in [0.1, 0.15) is 11.7 Å². The molecule has 5 aliphatic carbocycles. The fourth-order valence-corrected chi connectivity index (χ4v) is 14.5. The number of carbonyl (C=O) groups excluding carboxylic acids is 1. The summed E-state index contributed by atoms with van der Waals surface area (Å²) >= 11 is 0. The standard InChI is InChI=1S/C42H66N2O4/c1-27(2)36-21-33-22-40(26-45)35-13-12-28(3)34(35)23-41(33,42(36,40)39(46)47)38-20-32(19-30-10-5-6-11-30)37(48-38)25-43-17-14-31(15-18-43)24-44-16-8-7-9-29(44)4/h21,26-35,37-38H,5-20,22-25H2,1-4H3,(H,46,47)/t28-,29?,32-,33?,34-,35-,37+,38-,40?,41?,42+/m1/s1. The average Bonchev–Trinajstić information content (AvgIpc) is 3.89. The Hall–Kier alpha value is -1.24. The Morgan fingerprint density at radius 1 is 0.958 bits per heavy atom. The lowest BCUT2D eigenvalue weighted by Gasteiger charge is -2.60. The number of carboxylic acids is 1. The maximum Gasteiger partial charge on any atom is 0.315 e. The smallest absolute Gasteiger partial charge is 0.315 e. The summed E-state index contributed by atoms with van der Waals surface area (Å²) in [6.45, 7) is 15.0. The highest BCUT2D eigenvalue weighted by Crippen LogP contribution is 2.84. The molecule has 11 atom stereocenters. The van der Waals surface area contributed by atoms with Crippen molar-refractivity contribution in [2.45, 2.75) is 142 Å². The van der Waals surface area contributed by atoms with E-state index >= 15 is 0 Å². The number of carboxylic acid groups (broad SMARTS) is 1. The lowest BCUT2D eigenvalue weighted by molar-refractivity contribution is -0.197. The summed E-state index contributed by atoms with van der Waals surface area (Å²) in [5.41, 5.74) is -1.39. The zero-order valence-corrected chi connectivity index (χ0v) is 30.7. The maximum atomic E-state index is 14.2. The van der Waals surface area contributed by atoms with E-state index in [0.29, 0.717) is 24.2 Å². The van der Waals surface area contributed by atoms with E-state index in [1.165, 1.54) is 83.6 Å². The zero-order valence-electron chi connectivity index (χ0n) is 30.7. The molecule has 0 aromatic rings. The summed E-state index contributed by atoms with van der Waals surface area (Å²) in [5.74, 6) is 2.73. The van der Waals surface area contributed by atoms with E-state index in [2.05, 4.69) is 43.6 Å². The Morgan fingerprint density at radius 2 is 1.71 bits per heavy atom. The van der Waals surface area contributed by atoms with E-state index < -0.39 is 22.2 Å². The number of fused-ring (bicyclic) bond motifs is 2. The minimum absolute atomic E-state index is 0.0868. The van der Waals surface area contributed by atoms with Crippen LogP contribution >= 0.6 is 0 Å². The molecular formula is C42H66N2O4. The fraction of sp³-hybridized carbons (Fsp3) is 0.905. The first-order valence-corrected chi connectivity index (χ1v) is 20.7. The first-order valence-electron chi connectivity index (χ1n) is 20.7. The number of piperidine rings is 2. The first-order chi connectivity index (χ1) is 23.1. The Morgan fingerprint density at radius 3 is 2.40 bits per heavy atom. The highest BCUT2D eigenvalue weighted by atomic mass is 16.5. The monoisotopic (exact) mass is 663 g/mol. The van der Waals surface area contributed by atoms with Gasteiger partial charge in [0.25, 0.3) is 0 Å². The number of hydrogen-bond acceptors (Lipinski definition) is 5. The minimum atomic E-state index is -1.13. The molecule has 4 saturated carbocycles. The Bertz CT molecular complexity index is 1250. The van der Waals surface area contributed by atoms with Crippen molar-refractivity contribution in [2.24, 2.45) is 63.6 Å². The topological polar surface area (TPSA) is 70.1 Å². The second kappa shape index (κ2) is 12.8. The summed E-state index contributed by atoms with van der Waals surface area (Å²) in [6.07, 6.45) is 21.7. The normalized spacial score (nSPS) is 46.8. The minimum Gasteiger partial charge on any atom is -0.481 e. The van der Waals surface area contributed by atoms with E-state index in [4.69, 9.17) is 4.74 Å². The molecule has 6 nitrogen and oxygen atoms in total. The van der Waals surface area contributed by atoms with Gasteiger partial charge in [-0.25, -0.2) is 0 Å². The third kappa shape index (κ3) is 4.86. The number of hydrogen-bond donors (Lipinski definition) is 1. The van der Waals surface area contributed by atoms with E-state index in [-0.39, 0.29) is 30.0 Å². The molecule has 3 aliphatic heterocycles. The van der Waals surface area contributed by atoms with E-state index in [9.17, 15) is 14.7 Å². The molecule has 48 heavy (non-hydrogen) atoms. The molecule has 0 radical (unpaired) electrons. The highest BCUT2D eigenvalue weighted by Gasteiger charge is 2.86. The molecule has 8 aliphatic rings. The molecule has 4 unspecified atom stereocenters. The number of allylic oxidation sites excluding steroid dienone is 1. The van der Waals surface area contributed by atoms with Gasteiger partial charge >= 0.3 is 5.97 Å². The van der Waals surface area contributed by atoms with Crippen LogP contribution in [-0.4, -0.2) is 78.1 Å². The maximum absolute atomic E-state index is 14.2. The van der Waals surface area contributed by atoms with E-state index in [0.717, 1.165) is 68.8 Å². The van der Waals surface area contributed by atoms with Gasteiger partial charge < -0.3 is 24.4 Å². The van der Waals surface area contributed by atoms with Crippen LogP contribution < -0.4 is 0 Å². The largest absolute Gasteiger partial charge is 0.481 e. The molecule has 6 heteroatoms. The van der Waals surface area contributed by atoms with Crippen LogP contribution in [0.4, 0.5) is 0 Å². The third-order valence-corrected chi connectivity index (χ3v) is 16.6. The lowest BCUT2D eigenvalue weighted by atomic mass is 9.41. The zero-order chi connectivity index (χ0) is 33.4. The Balaban J connectivity index is 1.07. The van der Waals surface area contributed by atoms with Crippen LogP contribution in [0.3, 0.4) is 0 Å². The molecule has 0 aromatic heterocycles. The van der Waals surface area contributed by atoms with Crippen molar-refractivity contribution in [3.63, 3.8) is 0 Å². The molecule has 1 N–H and O–H groups in total. The van der Waals surface area contributed by atoms with Crippen LogP contribution in [0.5, 0.6) is 0 Å². The number of rotatable bonds is 10. The van der Waals surface area contributed by atoms with Crippen molar-refractivity contribution < 1.29 is 19.4 Å². The molecule has 268 valence electrons. The van der Waals surface area contributed by atoms with Crippen LogP contribution in [0.15, 0.2) is 11.6 Å². The van der Waals surface area contributed by atoms with Gasteiger partial charge in [-0.15, -0.1) is 0 Å². The number of ether oxygens (including phenoxy) is 1. The van der Waals surface area contributed by atoms with Crippen molar-refractivity contribution in [1.82, 2.24) is 9.80 Å². The van der Waals surface area contributed by atoms with Crippen LogP contribution in [0.2, 0.25) is 0 Å². The average molecular weight is 663 g/mol. The summed E-state index contributed by atoms with van der Waals surface area (Å²) < 4.78 is 7.50. The molecule has 3 heterocycles. The van der Waals surface area contributed by atoms with Gasteiger partial charge in [-0.1, -0.05) is 70.9 Å². The van der Waals surface area contributed by atoms with Crippen LogP contribution in [0.1, 0.15) is 124 Å². The second-order valence-corrected chi connectivity index (χ2v) is 19.0. The predicted octanol–water partition coefficient (Wildman–Crippen LogP) is 7.85. The van der Waals surface area contributed by atoms with E-state index in [1.54, 1.807) is 0 Å². The second-order valence-electron chi connectivity index (χ2n) is 19.0. The number of nitrogens with zero attached hydrogens (tertiary/aromatic N) is 2. The van der Waals surface area contributed by atoms with Crippen molar-refractivity contribution in [1.29, 1.82) is 0 Å². The number of aliphatic carboxylic acids is 1. The van der Waals surface area contributed by atoms with Gasteiger partial charge in [0.2, 0.25) is 0 Å². The van der Waals surface area contributed by atoms with Crippen LogP contribution in [-0.2, 0) is 14.3 Å². The van der Waals surface area contributed by atoms with Gasteiger partial charge in [0, 0.05) is 24.5 Å². The molecule has 0 spiro atoms. The van der Waals surface area contributed by atoms with Gasteiger partial charge in [-0.2, -0.15) is 0 Å². The van der Waals surface area contributed by atoms with E-state index in [1.807, 2.05) is 0 Å². The van der Waals surface area contributed by atoms with Gasteiger partial charge in [-0.3, -0.25) is 4.79 Å². The SMILES string of the molecule is CC(C)C1=CC2CC3(C=O)[C@@H]4CC[C@@H](C)[C@H]4CC2([C@H]2C[C@@H](CC4CCCC4)[C@H](CN4CCC(CN5CCCCC5C)CC4)O2)[C@]13C(=O)O. The Kier molecular flexibility index (Phi) is 9.01. The quantitative estimate of drug-likeness (QED) is 0.190. The number of likely N-dealkylation sites (tertiary alicyclic amines) is 2. The molecule has 8 rings (SSSR count). The van der Waals surface area contributed by atoms with Gasteiger partial charge in [0.15, 0.2) is 0 Å². The molecule has 7 fully saturated rings. The van der Waals surface area contributed by atoms with Crippen molar-refractivity contribution in [2.75, 3.05) is 32.7 Å². The Labute approximate surface area is 291 Å².